The summed E-state index contributed by atoms with van der Waals surface area (Å²) in [5.41, 5.74) is 0.760. The number of nitrogens with zero attached hydrogens (tertiary/aromatic N) is 4. The first-order valence-electron chi connectivity index (χ1n) is 6.28. The highest BCUT2D eigenvalue weighted by molar-refractivity contribution is 5.95. The maximum atomic E-state index is 12.1. The monoisotopic (exact) mass is 302 g/mol. The second-order valence-electron chi connectivity index (χ2n) is 4.65. The third kappa shape index (κ3) is 3.29. The quantitative estimate of drug-likeness (QED) is 0.868. The van der Waals surface area contributed by atoms with Crippen molar-refractivity contribution in [2.24, 2.45) is 7.05 Å². The lowest BCUT2D eigenvalue weighted by molar-refractivity contribution is -0.144. The number of aryl methyl sites for hydroxylation is 1. The fourth-order valence-corrected chi connectivity index (χ4v) is 2.37. The molecule has 1 aliphatic heterocycles. The van der Waals surface area contributed by atoms with E-state index in [1.165, 1.54) is 0 Å². The normalized spacial score (nSPS) is 17.7. The van der Waals surface area contributed by atoms with Crippen LogP contribution in [0.15, 0.2) is 12.4 Å². The van der Waals surface area contributed by atoms with Crippen molar-refractivity contribution >= 4 is 30.0 Å². The number of rotatable bonds is 4. The smallest absolute Gasteiger partial charge is 0.320 e. The number of carboxylic acids is 1. The van der Waals surface area contributed by atoms with E-state index in [0.29, 0.717) is 19.5 Å². The molecule has 0 bridgehead atoms. The molecule has 20 heavy (non-hydrogen) atoms. The molecule has 8 heteroatoms. The molecule has 1 aliphatic rings. The number of amides is 1. The first kappa shape index (κ1) is 16.5. The Bertz CT molecular complexity index is 491. The Morgan fingerprint density at radius 1 is 1.50 bits per heavy atom. The van der Waals surface area contributed by atoms with Gasteiger partial charge in [-0.2, -0.15) is 5.10 Å². The van der Waals surface area contributed by atoms with Crippen molar-refractivity contribution in [2.75, 3.05) is 24.5 Å². The van der Waals surface area contributed by atoms with Gasteiger partial charge in [0.15, 0.2) is 0 Å². The van der Waals surface area contributed by atoms with E-state index in [1.807, 2.05) is 6.92 Å². The number of carbonyl (C=O) groups excluding carboxylic acids is 1. The maximum Gasteiger partial charge on any atom is 0.320 e. The zero-order valence-electron chi connectivity index (χ0n) is 11.5. The van der Waals surface area contributed by atoms with Crippen LogP contribution in [0.25, 0.3) is 0 Å². The van der Waals surface area contributed by atoms with E-state index in [9.17, 15) is 9.59 Å². The molecule has 1 aromatic heterocycles. The summed E-state index contributed by atoms with van der Waals surface area (Å²) in [5, 5.41) is 13.2. The Hall–Kier alpha value is -1.60. The summed E-state index contributed by atoms with van der Waals surface area (Å²) in [5.74, 6) is -0.955. The topological polar surface area (TPSA) is 78.7 Å². The van der Waals surface area contributed by atoms with Gasteiger partial charge < -0.3 is 10.0 Å². The number of hydrogen-bond donors (Lipinski definition) is 1. The molecule has 0 saturated carbocycles. The predicted molar refractivity (Wildman–Crippen MR) is 76.1 cm³/mol. The average molecular weight is 303 g/mol. The van der Waals surface area contributed by atoms with Crippen LogP contribution < -0.4 is 4.90 Å². The van der Waals surface area contributed by atoms with Crippen molar-refractivity contribution in [1.29, 1.82) is 0 Å². The van der Waals surface area contributed by atoms with Crippen molar-refractivity contribution in [2.45, 2.75) is 19.4 Å². The Morgan fingerprint density at radius 3 is 2.65 bits per heavy atom. The molecular weight excluding hydrogens is 284 g/mol. The van der Waals surface area contributed by atoms with Crippen LogP contribution in [-0.4, -0.2) is 57.3 Å². The molecule has 2 heterocycles. The number of halogens is 1. The molecule has 1 aromatic rings. The molecule has 1 amide bonds. The Morgan fingerprint density at radius 2 is 2.20 bits per heavy atom. The van der Waals surface area contributed by atoms with Crippen LogP contribution >= 0.6 is 12.4 Å². The molecule has 0 spiro atoms. The summed E-state index contributed by atoms with van der Waals surface area (Å²) in [4.78, 5) is 26.6. The van der Waals surface area contributed by atoms with Gasteiger partial charge in [0.25, 0.3) is 0 Å². The third-order valence-corrected chi connectivity index (χ3v) is 3.37. The van der Waals surface area contributed by atoms with Gasteiger partial charge in [0, 0.05) is 26.3 Å². The molecule has 7 nitrogen and oxygen atoms in total. The number of carbonyl (C=O) groups is 2. The number of aromatic nitrogens is 2. The number of piperazine rings is 1. The number of hydrogen-bond acceptors (Lipinski definition) is 4. The Kier molecular flexibility index (Phi) is 5.52. The molecule has 1 unspecified atom stereocenters. The molecule has 1 fully saturated rings. The van der Waals surface area contributed by atoms with Crippen molar-refractivity contribution in [3.05, 3.63) is 12.4 Å². The second kappa shape index (κ2) is 6.71. The van der Waals surface area contributed by atoms with E-state index in [-0.39, 0.29) is 24.9 Å². The number of aliphatic carboxylic acids is 1. The molecule has 112 valence electrons. The molecule has 1 atom stereocenters. The minimum absolute atomic E-state index is 0. The van der Waals surface area contributed by atoms with E-state index in [1.54, 1.807) is 33.9 Å². The van der Waals surface area contributed by atoms with Crippen molar-refractivity contribution in [3.63, 3.8) is 0 Å². The summed E-state index contributed by atoms with van der Waals surface area (Å²) in [7, 11) is 1.79. The van der Waals surface area contributed by atoms with E-state index in [4.69, 9.17) is 5.11 Å². The van der Waals surface area contributed by atoms with E-state index >= 15 is 0 Å². The Labute approximate surface area is 123 Å². The van der Waals surface area contributed by atoms with Gasteiger partial charge in [0.05, 0.1) is 18.4 Å². The van der Waals surface area contributed by atoms with Gasteiger partial charge in [-0.1, -0.05) is 6.92 Å². The average Bonchev–Trinajstić information content (AvgIpc) is 2.76. The van der Waals surface area contributed by atoms with Crippen LogP contribution in [0.5, 0.6) is 0 Å². The second-order valence-corrected chi connectivity index (χ2v) is 4.65. The van der Waals surface area contributed by atoms with Gasteiger partial charge in [-0.3, -0.25) is 19.2 Å². The molecule has 1 saturated heterocycles. The highest BCUT2D eigenvalue weighted by atomic mass is 35.5. The van der Waals surface area contributed by atoms with Gasteiger partial charge in [-0.25, -0.2) is 0 Å². The molecule has 1 N–H and O–H groups in total. The van der Waals surface area contributed by atoms with Crippen molar-refractivity contribution in [1.82, 2.24) is 14.7 Å². The predicted octanol–water partition coefficient (Wildman–Crippen LogP) is 0.354. The summed E-state index contributed by atoms with van der Waals surface area (Å²) in [6.07, 6.45) is 3.92. The van der Waals surface area contributed by atoms with Crippen LogP contribution in [0.2, 0.25) is 0 Å². The molecular formula is C12H19ClN4O3. The zero-order valence-corrected chi connectivity index (χ0v) is 12.3. The first-order valence-corrected chi connectivity index (χ1v) is 6.28. The standard InChI is InChI=1S/C12H18N4O3.ClH/c1-3-10(12(18)19)15-4-5-16(11(17)8-15)9-6-13-14(2)7-9;/h6-7,10H,3-5,8H2,1-2H3,(H,18,19);1H. The highest BCUT2D eigenvalue weighted by Gasteiger charge is 2.32. The van der Waals surface area contributed by atoms with Crippen molar-refractivity contribution in [3.8, 4) is 0 Å². The number of anilines is 1. The summed E-state index contributed by atoms with van der Waals surface area (Å²) < 4.78 is 1.64. The van der Waals surface area contributed by atoms with Gasteiger partial charge in [-0.05, 0) is 6.42 Å². The summed E-state index contributed by atoms with van der Waals surface area (Å²) in [6.45, 7) is 3.01. The SMILES string of the molecule is CCC(C(=O)O)N1CCN(c2cnn(C)c2)C(=O)C1.Cl. The van der Waals surface area contributed by atoms with Crippen LogP contribution in [0.1, 0.15) is 13.3 Å². The van der Waals surface area contributed by atoms with Gasteiger partial charge in [0.2, 0.25) is 5.91 Å². The van der Waals surface area contributed by atoms with E-state index in [0.717, 1.165) is 5.69 Å². The lowest BCUT2D eigenvalue weighted by Crippen LogP contribution is -2.55. The number of carboxylic acid groups (broad SMARTS) is 1. The fraction of sp³-hybridized carbons (Fsp3) is 0.583. The lowest BCUT2D eigenvalue weighted by Gasteiger charge is -2.36. The zero-order chi connectivity index (χ0) is 14.0. The summed E-state index contributed by atoms with van der Waals surface area (Å²) >= 11 is 0. The third-order valence-electron chi connectivity index (χ3n) is 3.37. The lowest BCUT2D eigenvalue weighted by atomic mass is 10.1. The van der Waals surface area contributed by atoms with E-state index in [2.05, 4.69) is 5.10 Å². The molecule has 0 radical (unpaired) electrons. The van der Waals surface area contributed by atoms with Crippen LogP contribution in [0.3, 0.4) is 0 Å². The van der Waals surface area contributed by atoms with Crippen LogP contribution in [0.4, 0.5) is 5.69 Å². The fourth-order valence-electron chi connectivity index (χ4n) is 2.37. The highest BCUT2D eigenvalue weighted by Crippen LogP contribution is 2.18. The Balaban J connectivity index is 0.00000200. The van der Waals surface area contributed by atoms with Crippen LogP contribution in [-0.2, 0) is 16.6 Å². The first-order chi connectivity index (χ1) is 9.02. The minimum Gasteiger partial charge on any atom is -0.480 e. The largest absolute Gasteiger partial charge is 0.480 e. The van der Waals surface area contributed by atoms with Gasteiger partial charge >= 0.3 is 5.97 Å². The molecule has 0 aromatic carbocycles. The van der Waals surface area contributed by atoms with Crippen molar-refractivity contribution < 1.29 is 14.7 Å². The minimum atomic E-state index is -0.870. The van der Waals surface area contributed by atoms with Crippen LogP contribution in [0, 0.1) is 0 Å². The summed E-state index contributed by atoms with van der Waals surface area (Å²) in [6, 6.07) is -0.583. The maximum absolute atomic E-state index is 12.1. The van der Waals surface area contributed by atoms with Gasteiger partial charge in [0.1, 0.15) is 6.04 Å². The van der Waals surface area contributed by atoms with Gasteiger partial charge in [-0.15, -0.1) is 12.4 Å². The van der Waals surface area contributed by atoms with E-state index < -0.39 is 12.0 Å². The molecule has 2 rings (SSSR count). The molecule has 0 aliphatic carbocycles.